The first-order valence-corrected chi connectivity index (χ1v) is 4.91. The first-order chi connectivity index (χ1) is 7.74. The van der Waals surface area contributed by atoms with E-state index in [1.165, 1.54) is 7.11 Å². The van der Waals surface area contributed by atoms with E-state index >= 15 is 0 Å². The quantitative estimate of drug-likeness (QED) is 0.828. The molecule has 17 heavy (non-hydrogen) atoms. The number of carbonyl (C=O) groups excluding carboxylic acids is 1. The molecule has 1 aromatic heterocycles. The molecule has 1 atom stereocenters. The number of pyridine rings is 1. The number of nitrogens with two attached hydrogens (primary N) is 1. The molecule has 90 valence electrons. The molecule has 0 radical (unpaired) electrons. The highest BCUT2D eigenvalue weighted by molar-refractivity contribution is 5.88. The van der Waals surface area contributed by atoms with Crippen LogP contribution in [0.3, 0.4) is 0 Å². The maximum atomic E-state index is 11.4. The van der Waals surface area contributed by atoms with Gasteiger partial charge in [-0.15, -0.1) is 12.4 Å². The van der Waals surface area contributed by atoms with E-state index in [9.17, 15) is 4.79 Å². The molecule has 0 fully saturated rings. The molecule has 1 heterocycles. The standard InChI is InChI=1S/C12H12N2O2.ClH/c1-16-12(15)11(13)9-6-7-14-10-5-3-2-4-8(9)10;/h2-7,11H,13H2,1H3;1H/t11-;/m1./s1. The van der Waals surface area contributed by atoms with Crippen LogP contribution in [0.15, 0.2) is 36.5 Å². The summed E-state index contributed by atoms with van der Waals surface area (Å²) in [5, 5.41) is 0.878. The average molecular weight is 253 g/mol. The predicted octanol–water partition coefficient (Wildman–Crippen LogP) is 1.83. The fraction of sp³-hybridized carbons (Fsp3) is 0.167. The molecule has 2 rings (SSSR count). The number of para-hydroxylation sites is 1. The van der Waals surface area contributed by atoms with E-state index in [2.05, 4.69) is 9.72 Å². The van der Waals surface area contributed by atoms with Gasteiger partial charge in [0.25, 0.3) is 0 Å². The monoisotopic (exact) mass is 252 g/mol. The van der Waals surface area contributed by atoms with Crippen LogP contribution in [0.1, 0.15) is 11.6 Å². The Labute approximate surface area is 105 Å². The van der Waals surface area contributed by atoms with E-state index in [-0.39, 0.29) is 12.4 Å². The van der Waals surface area contributed by atoms with E-state index < -0.39 is 12.0 Å². The second-order valence-corrected chi connectivity index (χ2v) is 3.42. The minimum Gasteiger partial charge on any atom is -0.468 e. The zero-order valence-corrected chi connectivity index (χ0v) is 10.1. The lowest BCUT2D eigenvalue weighted by atomic mass is 10.0. The van der Waals surface area contributed by atoms with Gasteiger partial charge in [0.2, 0.25) is 0 Å². The molecule has 0 aliphatic rings. The number of esters is 1. The molecule has 0 saturated heterocycles. The minimum atomic E-state index is -0.766. The number of halogens is 1. The van der Waals surface area contributed by atoms with Crippen LogP contribution in [0.4, 0.5) is 0 Å². The van der Waals surface area contributed by atoms with Gasteiger partial charge in [0.1, 0.15) is 6.04 Å². The van der Waals surface area contributed by atoms with Gasteiger partial charge >= 0.3 is 5.97 Å². The van der Waals surface area contributed by atoms with Gasteiger partial charge in [-0.25, -0.2) is 0 Å². The summed E-state index contributed by atoms with van der Waals surface area (Å²) in [4.78, 5) is 15.6. The van der Waals surface area contributed by atoms with Crippen LogP contribution in [0.5, 0.6) is 0 Å². The molecule has 0 aliphatic heterocycles. The van der Waals surface area contributed by atoms with Crippen molar-refractivity contribution in [1.29, 1.82) is 0 Å². The Morgan fingerprint density at radius 2 is 2.06 bits per heavy atom. The topological polar surface area (TPSA) is 65.2 Å². The van der Waals surface area contributed by atoms with Crippen LogP contribution >= 0.6 is 12.4 Å². The number of fused-ring (bicyclic) bond motifs is 1. The number of methoxy groups -OCH3 is 1. The van der Waals surface area contributed by atoms with Crippen LogP contribution in [-0.2, 0) is 9.53 Å². The van der Waals surface area contributed by atoms with Crippen LogP contribution < -0.4 is 5.73 Å². The molecule has 0 unspecified atom stereocenters. The summed E-state index contributed by atoms with van der Waals surface area (Å²) < 4.78 is 4.63. The van der Waals surface area contributed by atoms with Crippen molar-refractivity contribution in [2.24, 2.45) is 5.73 Å². The number of carbonyl (C=O) groups is 1. The first-order valence-electron chi connectivity index (χ1n) is 4.91. The predicted molar refractivity (Wildman–Crippen MR) is 67.9 cm³/mol. The third kappa shape index (κ3) is 2.54. The van der Waals surface area contributed by atoms with E-state index in [0.717, 1.165) is 16.5 Å². The van der Waals surface area contributed by atoms with Gasteiger partial charge in [0, 0.05) is 11.6 Å². The molecule has 2 N–H and O–H groups in total. The van der Waals surface area contributed by atoms with Crippen LogP contribution in [0.25, 0.3) is 10.9 Å². The molecule has 0 aliphatic carbocycles. The summed E-state index contributed by atoms with van der Waals surface area (Å²) >= 11 is 0. The van der Waals surface area contributed by atoms with E-state index in [1.807, 2.05) is 24.3 Å². The summed E-state index contributed by atoms with van der Waals surface area (Å²) in [5.41, 5.74) is 7.37. The lowest BCUT2D eigenvalue weighted by Crippen LogP contribution is -2.22. The Morgan fingerprint density at radius 1 is 1.35 bits per heavy atom. The third-order valence-corrected chi connectivity index (χ3v) is 2.47. The maximum Gasteiger partial charge on any atom is 0.327 e. The van der Waals surface area contributed by atoms with E-state index in [1.54, 1.807) is 12.3 Å². The molecule has 5 heteroatoms. The van der Waals surface area contributed by atoms with Gasteiger partial charge in [0.05, 0.1) is 12.6 Å². The average Bonchev–Trinajstić information content (AvgIpc) is 2.36. The van der Waals surface area contributed by atoms with Crippen molar-refractivity contribution in [3.63, 3.8) is 0 Å². The van der Waals surface area contributed by atoms with Gasteiger partial charge in [-0.2, -0.15) is 0 Å². The summed E-state index contributed by atoms with van der Waals surface area (Å²) in [6.45, 7) is 0. The number of aromatic nitrogens is 1. The maximum absolute atomic E-state index is 11.4. The fourth-order valence-corrected chi connectivity index (χ4v) is 1.64. The SMILES string of the molecule is COC(=O)[C@H](N)c1ccnc2ccccc12.Cl. The summed E-state index contributed by atoms with van der Waals surface area (Å²) in [6, 6.07) is 8.52. The highest BCUT2D eigenvalue weighted by Crippen LogP contribution is 2.21. The van der Waals surface area contributed by atoms with Gasteiger partial charge in [0.15, 0.2) is 0 Å². The lowest BCUT2D eigenvalue weighted by molar-refractivity contribution is -0.142. The molecule has 0 saturated carbocycles. The molecule has 0 bridgehead atoms. The number of nitrogens with zero attached hydrogens (tertiary/aromatic N) is 1. The van der Waals surface area contributed by atoms with E-state index in [4.69, 9.17) is 5.73 Å². The Hall–Kier alpha value is -1.65. The van der Waals surface area contributed by atoms with Crippen LogP contribution in [0.2, 0.25) is 0 Å². The van der Waals surface area contributed by atoms with E-state index in [0.29, 0.717) is 0 Å². The number of hydrogen-bond donors (Lipinski definition) is 1. The number of hydrogen-bond acceptors (Lipinski definition) is 4. The zero-order valence-electron chi connectivity index (χ0n) is 9.29. The first kappa shape index (κ1) is 13.4. The third-order valence-electron chi connectivity index (χ3n) is 2.47. The van der Waals surface area contributed by atoms with Gasteiger partial charge in [-0.1, -0.05) is 18.2 Å². The van der Waals surface area contributed by atoms with Crippen molar-refractivity contribution in [1.82, 2.24) is 4.98 Å². The molecule has 1 aromatic carbocycles. The number of rotatable bonds is 2. The summed E-state index contributed by atoms with van der Waals surface area (Å²) in [6.07, 6.45) is 1.64. The highest BCUT2D eigenvalue weighted by atomic mass is 35.5. The van der Waals surface area contributed by atoms with Crippen molar-refractivity contribution >= 4 is 29.3 Å². The normalized spacial score (nSPS) is 11.6. The van der Waals surface area contributed by atoms with Gasteiger partial charge in [-0.3, -0.25) is 9.78 Å². The molecular weight excluding hydrogens is 240 g/mol. The molecule has 4 nitrogen and oxygen atoms in total. The Kier molecular flexibility index (Phi) is 4.43. The minimum absolute atomic E-state index is 0. The Balaban J connectivity index is 0.00000144. The van der Waals surface area contributed by atoms with Crippen molar-refractivity contribution in [3.8, 4) is 0 Å². The van der Waals surface area contributed by atoms with Crippen molar-refractivity contribution in [2.45, 2.75) is 6.04 Å². The second kappa shape index (κ2) is 5.61. The second-order valence-electron chi connectivity index (χ2n) is 3.42. The molecule has 0 amide bonds. The summed E-state index contributed by atoms with van der Waals surface area (Å²) in [5.74, 6) is -0.448. The largest absolute Gasteiger partial charge is 0.468 e. The Morgan fingerprint density at radius 3 is 2.76 bits per heavy atom. The number of ether oxygens (including phenoxy) is 1. The van der Waals surface area contributed by atoms with Crippen molar-refractivity contribution < 1.29 is 9.53 Å². The lowest BCUT2D eigenvalue weighted by Gasteiger charge is -2.11. The smallest absolute Gasteiger partial charge is 0.327 e. The van der Waals surface area contributed by atoms with Gasteiger partial charge < -0.3 is 10.5 Å². The van der Waals surface area contributed by atoms with Gasteiger partial charge in [-0.05, 0) is 17.7 Å². The van der Waals surface area contributed by atoms with Crippen LogP contribution in [0, 0.1) is 0 Å². The highest BCUT2D eigenvalue weighted by Gasteiger charge is 2.18. The molecule has 2 aromatic rings. The zero-order chi connectivity index (χ0) is 11.5. The fourth-order valence-electron chi connectivity index (χ4n) is 1.64. The molecular formula is C12H13ClN2O2. The number of benzene rings is 1. The molecule has 0 spiro atoms. The van der Waals surface area contributed by atoms with Crippen LogP contribution in [-0.4, -0.2) is 18.1 Å². The Bertz CT molecular complexity index is 525. The van der Waals surface area contributed by atoms with Crippen molar-refractivity contribution in [3.05, 3.63) is 42.1 Å². The summed E-state index contributed by atoms with van der Waals surface area (Å²) in [7, 11) is 1.32. The van der Waals surface area contributed by atoms with Crippen molar-refractivity contribution in [2.75, 3.05) is 7.11 Å².